The Labute approximate surface area is 180 Å². The summed E-state index contributed by atoms with van der Waals surface area (Å²) in [6.07, 6.45) is 2.52. The molecule has 0 aliphatic carbocycles. The average molecular weight is 422 g/mol. The van der Waals surface area contributed by atoms with Gasteiger partial charge in [0.1, 0.15) is 0 Å². The average Bonchev–Trinajstić information content (AvgIpc) is 3.18. The molecular weight excluding hydrogens is 398 g/mol. The molecular formula is C24H24ClN3O2. The van der Waals surface area contributed by atoms with Crippen molar-refractivity contribution in [2.45, 2.75) is 25.6 Å². The second-order valence-electron chi connectivity index (χ2n) is 7.66. The number of benzene rings is 2. The lowest BCUT2D eigenvalue weighted by Gasteiger charge is -2.17. The lowest BCUT2D eigenvalue weighted by atomic mass is 10.2. The van der Waals surface area contributed by atoms with Crippen LogP contribution in [0.1, 0.15) is 27.9 Å². The first-order valence-electron chi connectivity index (χ1n) is 10.1. The normalized spacial score (nSPS) is 16.5. The number of nitrogens with one attached hydrogen (secondary N) is 1. The van der Waals surface area contributed by atoms with Gasteiger partial charge in [0.2, 0.25) is 0 Å². The molecule has 1 fully saturated rings. The first-order chi connectivity index (χ1) is 14.6. The second kappa shape index (κ2) is 9.28. The highest BCUT2D eigenvalue weighted by Crippen LogP contribution is 2.16. The predicted molar refractivity (Wildman–Crippen MR) is 119 cm³/mol. The third-order valence-electron chi connectivity index (χ3n) is 5.40. The van der Waals surface area contributed by atoms with Crippen molar-refractivity contribution in [3.63, 3.8) is 0 Å². The first-order valence-corrected chi connectivity index (χ1v) is 10.5. The number of aromatic nitrogens is 1. The van der Waals surface area contributed by atoms with Crippen LogP contribution in [0.25, 0.3) is 0 Å². The van der Waals surface area contributed by atoms with E-state index in [0.717, 1.165) is 31.6 Å². The molecule has 1 N–H and O–H groups in total. The monoisotopic (exact) mass is 421 g/mol. The molecule has 5 nitrogen and oxygen atoms in total. The van der Waals surface area contributed by atoms with E-state index >= 15 is 0 Å². The van der Waals surface area contributed by atoms with E-state index in [1.54, 1.807) is 18.3 Å². The molecule has 6 heteroatoms. The van der Waals surface area contributed by atoms with E-state index in [1.807, 2.05) is 36.4 Å². The number of hydrogen-bond donors (Lipinski definition) is 1. The predicted octanol–water partition coefficient (Wildman–Crippen LogP) is 3.55. The van der Waals surface area contributed by atoms with Gasteiger partial charge in [0.05, 0.1) is 12.1 Å². The van der Waals surface area contributed by atoms with E-state index in [2.05, 4.69) is 22.3 Å². The fraction of sp³-hybridized carbons (Fsp3) is 0.250. The van der Waals surface area contributed by atoms with Crippen LogP contribution in [0.4, 0.5) is 0 Å². The summed E-state index contributed by atoms with van der Waals surface area (Å²) in [5.74, 6) is -0.158. The molecule has 1 aromatic heterocycles. The number of carbonyl (C=O) groups is 1. The molecule has 1 aliphatic rings. The van der Waals surface area contributed by atoms with Crippen LogP contribution >= 0.6 is 11.6 Å². The Hall–Kier alpha value is -2.89. The molecule has 1 saturated heterocycles. The Morgan fingerprint density at radius 2 is 1.77 bits per heavy atom. The molecule has 1 amide bonds. The lowest BCUT2D eigenvalue weighted by molar-refractivity contribution is 0.0936. The summed E-state index contributed by atoms with van der Waals surface area (Å²) < 4.78 is 1.52. The van der Waals surface area contributed by atoms with Gasteiger partial charge in [-0.1, -0.05) is 60.1 Å². The van der Waals surface area contributed by atoms with Crippen molar-refractivity contribution in [3.05, 3.63) is 105 Å². The Kier molecular flexibility index (Phi) is 6.31. The highest BCUT2D eigenvalue weighted by molar-refractivity contribution is 6.31. The van der Waals surface area contributed by atoms with Crippen LogP contribution in [0.15, 0.2) is 77.7 Å². The number of rotatable bonds is 6. The molecule has 0 bridgehead atoms. The van der Waals surface area contributed by atoms with Crippen molar-refractivity contribution >= 4 is 17.5 Å². The molecule has 0 spiro atoms. The Morgan fingerprint density at radius 3 is 2.57 bits per heavy atom. The van der Waals surface area contributed by atoms with Crippen LogP contribution in [-0.2, 0) is 13.1 Å². The van der Waals surface area contributed by atoms with Crippen LogP contribution in [0.2, 0.25) is 5.02 Å². The second-order valence-corrected chi connectivity index (χ2v) is 8.06. The van der Waals surface area contributed by atoms with Gasteiger partial charge < -0.3 is 9.88 Å². The fourth-order valence-corrected chi connectivity index (χ4v) is 4.00. The molecule has 3 aromatic rings. The molecule has 4 rings (SSSR count). The van der Waals surface area contributed by atoms with Crippen molar-refractivity contribution < 1.29 is 4.79 Å². The van der Waals surface area contributed by atoms with Crippen LogP contribution in [0, 0.1) is 0 Å². The van der Waals surface area contributed by atoms with Gasteiger partial charge in [-0.2, -0.15) is 0 Å². The topological polar surface area (TPSA) is 54.3 Å². The lowest BCUT2D eigenvalue weighted by Crippen LogP contribution is -2.37. The van der Waals surface area contributed by atoms with Crippen LogP contribution in [0.3, 0.4) is 0 Å². The molecule has 1 atom stereocenters. The molecule has 0 saturated carbocycles. The zero-order chi connectivity index (χ0) is 20.9. The van der Waals surface area contributed by atoms with Gasteiger partial charge in [-0.25, -0.2) is 0 Å². The Balaban J connectivity index is 1.39. The van der Waals surface area contributed by atoms with E-state index in [4.69, 9.17) is 11.6 Å². The molecule has 2 heterocycles. The van der Waals surface area contributed by atoms with Crippen molar-refractivity contribution in [2.75, 3.05) is 13.1 Å². The maximum absolute atomic E-state index is 12.8. The van der Waals surface area contributed by atoms with Gasteiger partial charge in [-0.15, -0.1) is 0 Å². The largest absolute Gasteiger partial charge is 0.348 e. The number of likely N-dealkylation sites (tertiary alicyclic amines) is 1. The summed E-state index contributed by atoms with van der Waals surface area (Å²) >= 11 is 6.21. The van der Waals surface area contributed by atoms with E-state index in [1.165, 1.54) is 16.2 Å². The van der Waals surface area contributed by atoms with Crippen molar-refractivity contribution in [1.29, 1.82) is 0 Å². The zero-order valence-electron chi connectivity index (χ0n) is 16.6. The number of pyridine rings is 1. The number of carbonyl (C=O) groups excluding carboxylic acids is 1. The van der Waals surface area contributed by atoms with Crippen molar-refractivity contribution in [2.24, 2.45) is 0 Å². The van der Waals surface area contributed by atoms with E-state index < -0.39 is 0 Å². The fourth-order valence-electron chi connectivity index (χ4n) is 3.80. The summed E-state index contributed by atoms with van der Waals surface area (Å²) in [6.45, 7) is 2.98. The SMILES string of the molecule is O=C(N[C@@H]1CCN(Cc2ccccc2)C1)c1ccc(=O)n(Cc2ccccc2Cl)c1. The van der Waals surface area contributed by atoms with Crippen LogP contribution in [0.5, 0.6) is 0 Å². The number of nitrogens with zero attached hydrogens (tertiary/aromatic N) is 2. The summed E-state index contributed by atoms with van der Waals surface area (Å²) in [7, 11) is 0. The minimum atomic E-state index is -0.165. The third kappa shape index (κ3) is 4.99. The van der Waals surface area contributed by atoms with Gasteiger partial charge in [-0.3, -0.25) is 14.5 Å². The standard InChI is InChI=1S/C24H24ClN3O2/c25-22-9-5-4-8-19(22)15-28-16-20(10-11-23(28)29)24(30)26-21-12-13-27(17-21)14-18-6-2-1-3-7-18/h1-11,16,21H,12-15,17H2,(H,26,30)/t21-/m1/s1. The molecule has 2 aromatic carbocycles. The minimum absolute atomic E-state index is 0.102. The third-order valence-corrected chi connectivity index (χ3v) is 5.77. The van der Waals surface area contributed by atoms with E-state index in [-0.39, 0.29) is 17.5 Å². The molecule has 30 heavy (non-hydrogen) atoms. The van der Waals surface area contributed by atoms with Gasteiger partial charge in [0.15, 0.2) is 0 Å². The van der Waals surface area contributed by atoms with Gasteiger partial charge in [0.25, 0.3) is 11.5 Å². The quantitative estimate of drug-likeness (QED) is 0.662. The van der Waals surface area contributed by atoms with Crippen LogP contribution in [-0.4, -0.2) is 34.5 Å². The van der Waals surface area contributed by atoms with Crippen molar-refractivity contribution in [1.82, 2.24) is 14.8 Å². The summed E-state index contributed by atoms with van der Waals surface area (Å²) in [5, 5.41) is 3.71. The van der Waals surface area contributed by atoms with Gasteiger partial charge >= 0.3 is 0 Å². The zero-order valence-corrected chi connectivity index (χ0v) is 17.4. The number of hydrogen-bond acceptors (Lipinski definition) is 3. The molecule has 0 radical (unpaired) electrons. The van der Waals surface area contributed by atoms with Crippen LogP contribution < -0.4 is 10.9 Å². The van der Waals surface area contributed by atoms with Gasteiger partial charge in [0, 0.05) is 43.0 Å². The highest BCUT2D eigenvalue weighted by Gasteiger charge is 2.24. The Morgan fingerprint density at radius 1 is 1.00 bits per heavy atom. The number of amides is 1. The summed E-state index contributed by atoms with van der Waals surface area (Å²) in [5.41, 5.74) is 2.42. The van der Waals surface area contributed by atoms with E-state index in [0.29, 0.717) is 17.1 Å². The maximum Gasteiger partial charge on any atom is 0.253 e. The Bertz CT molecular complexity index is 1080. The minimum Gasteiger partial charge on any atom is -0.348 e. The first kappa shape index (κ1) is 20.4. The summed E-state index contributed by atoms with van der Waals surface area (Å²) in [6, 6.07) is 20.9. The molecule has 1 aliphatic heterocycles. The molecule has 0 unspecified atom stereocenters. The maximum atomic E-state index is 12.8. The molecule has 154 valence electrons. The van der Waals surface area contributed by atoms with Gasteiger partial charge in [-0.05, 0) is 29.7 Å². The highest BCUT2D eigenvalue weighted by atomic mass is 35.5. The number of halogens is 1. The van der Waals surface area contributed by atoms with E-state index in [9.17, 15) is 9.59 Å². The summed E-state index contributed by atoms with van der Waals surface area (Å²) in [4.78, 5) is 27.4. The van der Waals surface area contributed by atoms with Crippen molar-refractivity contribution in [3.8, 4) is 0 Å². The smallest absolute Gasteiger partial charge is 0.253 e.